The van der Waals surface area contributed by atoms with E-state index in [1.54, 1.807) is 26.0 Å². The van der Waals surface area contributed by atoms with Gasteiger partial charge in [0.2, 0.25) is 0 Å². The third kappa shape index (κ3) is 2.40. The zero-order chi connectivity index (χ0) is 15.6. The summed E-state index contributed by atoms with van der Waals surface area (Å²) in [5, 5.41) is 0. The van der Waals surface area contributed by atoms with Crippen LogP contribution < -0.4 is 8.61 Å². The van der Waals surface area contributed by atoms with Crippen molar-refractivity contribution in [3.05, 3.63) is 24.3 Å². The monoisotopic (exact) mass is 314 g/mol. The van der Waals surface area contributed by atoms with E-state index in [1.807, 2.05) is 0 Å². The number of anilines is 2. The van der Waals surface area contributed by atoms with Crippen molar-refractivity contribution in [1.82, 2.24) is 0 Å². The number of rotatable bonds is 2. The summed E-state index contributed by atoms with van der Waals surface area (Å²) in [6, 6.07) is 5.91. The molecule has 0 unspecified atom stereocenters. The first-order valence-electron chi connectivity index (χ1n) is 6.23. The van der Waals surface area contributed by atoms with Crippen molar-refractivity contribution in [2.45, 2.75) is 13.8 Å². The minimum Gasteiger partial charge on any atom is -0.449 e. The molecule has 0 fully saturated rings. The van der Waals surface area contributed by atoms with Gasteiger partial charge in [-0.3, -0.25) is 0 Å². The van der Waals surface area contributed by atoms with Crippen LogP contribution in [0.1, 0.15) is 13.8 Å². The van der Waals surface area contributed by atoms with Gasteiger partial charge in [-0.15, -0.1) is 0 Å². The maximum atomic E-state index is 12.4. The molecule has 2 amide bonds. The van der Waals surface area contributed by atoms with Gasteiger partial charge in [-0.2, -0.15) is 17.0 Å². The van der Waals surface area contributed by atoms with E-state index in [1.165, 1.54) is 12.1 Å². The average molecular weight is 314 g/mol. The van der Waals surface area contributed by atoms with Crippen LogP contribution in [0.25, 0.3) is 0 Å². The average Bonchev–Trinajstić information content (AvgIpc) is 2.65. The lowest BCUT2D eigenvalue weighted by Crippen LogP contribution is -2.44. The first-order valence-corrected chi connectivity index (χ1v) is 7.63. The second-order valence-electron chi connectivity index (χ2n) is 3.92. The Morgan fingerprint density at radius 2 is 1.33 bits per heavy atom. The Labute approximate surface area is 122 Å². The van der Waals surface area contributed by atoms with Crippen LogP contribution in [0.2, 0.25) is 0 Å². The van der Waals surface area contributed by atoms with E-state index < -0.39 is 22.4 Å². The van der Waals surface area contributed by atoms with Gasteiger partial charge in [0.05, 0.1) is 24.6 Å². The summed E-state index contributed by atoms with van der Waals surface area (Å²) in [6.45, 7) is 3.12. The molecule has 0 bridgehead atoms. The highest BCUT2D eigenvalue weighted by atomic mass is 32.2. The van der Waals surface area contributed by atoms with Crippen molar-refractivity contribution in [3.8, 4) is 0 Å². The molecule has 0 aliphatic carbocycles. The minimum atomic E-state index is -4.41. The highest BCUT2D eigenvalue weighted by Crippen LogP contribution is 2.41. The fourth-order valence-corrected chi connectivity index (χ4v) is 3.34. The van der Waals surface area contributed by atoms with Gasteiger partial charge in [-0.05, 0) is 26.0 Å². The maximum absolute atomic E-state index is 12.4. The quantitative estimate of drug-likeness (QED) is 0.827. The van der Waals surface area contributed by atoms with Gasteiger partial charge in [0, 0.05) is 0 Å². The fraction of sp³-hybridized carbons (Fsp3) is 0.333. The van der Waals surface area contributed by atoms with Crippen LogP contribution in [0.4, 0.5) is 21.0 Å². The van der Waals surface area contributed by atoms with Gasteiger partial charge in [0.1, 0.15) is 0 Å². The normalized spacial score (nSPS) is 15.5. The molecule has 21 heavy (non-hydrogen) atoms. The summed E-state index contributed by atoms with van der Waals surface area (Å²) < 4.78 is 35.2. The predicted octanol–water partition coefficient (Wildman–Crippen LogP) is 1.87. The molecular formula is C12H14N2O6S. The van der Waals surface area contributed by atoms with Crippen molar-refractivity contribution in [1.29, 1.82) is 0 Å². The van der Waals surface area contributed by atoms with Crippen molar-refractivity contribution in [2.24, 2.45) is 0 Å². The van der Waals surface area contributed by atoms with Crippen LogP contribution >= 0.6 is 0 Å². The summed E-state index contributed by atoms with van der Waals surface area (Å²) in [7, 11) is -4.41. The molecule has 114 valence electrons. The molecule has 8 nitrogen and oxygen atoms in total. The zero-order valence-corrected chi connectivity index (χ0v) is 12.3. The SMILES string of the molecule is CCOC(=O)N1c2ccccc2N(C(=O)OCC)S1(=O)=O. The van der Waals surface area contributed by atoms with Crippen molar-refractivity contribution in [2.75, 3.05) is 21.8 Å². The number of carbonyl (C=O) groups is 2. The summed E-state index contributed by atoms with van der Waals surface area (Å²) in [5.74, 6) is 0. The topological polar surface area (TPSA) is 93.2 Å². The maximum Gasteiger partial charge on any atom is 0.429 e. The molecule has 0 aromatic heterocycles. The van der Waals surface area contributed by atoms with Gasteiger partial charge in [-0.25, -0.2) is 9.59 Å². The summed E-state index contributed by atoms with van der Waals surface area (Å²) in [6.07, 6.45) is -2.14. The molecule has 1 aromatic rings. The Morgan fingerprint density at radius 3 is 1.67 bits per heavy atom. The number of para-hydroxylation sites is 2. The van der Waals surface area contributed by atoms with Gasteiger partial charge in [0.25, 0.3) is 0 Å². The largest absolute Gasteiger partial charge is 0.449 e. The lowest BCUT2D eigenvalue weighted by Gasteiger charge is -2.17. The number of nitrogens with zero attached hydrogens (tertiary/aromatic N) is 2. The Kier molecular flexibility index (Phi) is 4.03. The molecule has 1 aliphatic heterocycles. The third-order valence-corrected chi connectivity index (χ3v) is 4.26. The first-order chi connectivity index (χ1) is 9.95. The lowest BCUT2D eigenvalue weighted by atomic mass is 10.2. The van der Waals surface area contributed by atoms with E-state index in [2.05, 4.69) is 0 Å². The standard InChI is InChI=1S/C12H14N2O6S/c1-3-19-11(15)13-9-7-5-6-8-10(9)14(21(13,17)18)12(16)20-4-2/h5-8H,3-4H2,1-2H3. The molecule has 1 aromatic carbocycles. The van der Waals surface area contributed by atoms with Crippen LogP contribution in [0.5, 0.6) is 0 Å². The smallest absolute Gasteiger partial charge is 0.429 e. The summed E-state index contributed by atoms with van der Waals surface area (Å²) in [5.41, 5.74) is 0.0907. The molecule has 0 saturated heterocycles. The van der Waals surface area contributed by atoms with E-state index in [0.29, 0.717) is 8.61 Å². The number of hydrogen-bond donors (Lipinski definition) is 0. The zero-order valence-electron chi connectivity index (χ0n) is 11.5. The van der Waals surface area contributed by atoms with E-state index in [9.17, 15) is 18.0 Å². The molecule has 1 heterocycles. The number of ether oxygens (including phenoxy) is 2. The highest BCUT2D eigenvalue weighted by Gasteiger charge is 2.49. The van der Waals surface area contributed by atoms with E-state index in [0.717, 1.165) is 0 Å². The summed E-state index contributed by atoms with van der Waals surface area (Å²) >= 11 is 0. The Balaban J connectivity index is 2.56. The second-order valence-corrected chi connectivity index (χ2v) is 5.55. The van der Waals surface area contributed by atoms with Gasteiger partial charge in [-0.1, -0.05) is 12.1 Å². The lowest BCUT2D eigenvalue weighted by molar-refractivity contribution is 0.164. The summed E-state index contributed by atoms with van der Waals surface area (Å²) in [4.78, 5) is 23.8. The molecule has 0 atom stereocenters. The number of fused-ring (bicyclic) bond motifs is 1. The van der Waals surface area contributed by atoms with Gasteiger partial charge in [0.15, 0.2) is 0 Å². The molecule has 1 aliphatic rings. The predicted molar refractivity (Wildman–Crippen MR) is 74.4 cm³/mol. The molecule has 0 radical (unpaired) electrons. The number of amides is 2. The third-order valence-electron chi connectivity index (χ3n) is 2.65. The van der Waals surface area contributed by atoms with E-state index in [-0.39, 0.29) is 24.6 Å². The van der Waals surface area contributed by atoms with Crippen molar-refractivity contribution < 1.29 is 27.5 Å². The molecule has 9 heteroatoms. The van der Waals surface area contributed by atoms with E-state index >= 15 is 0 Å². The van der Waals surface area contributed by atoms with Crippen LogP contribution in [-0.2, 0) is 19.7 Å². The van der Waals surface area contributed by atoms with Crippen LogP contribution in [0.3, 0.4) is 0 Å². The first kappa shape index (κ1) is 15.1. The Bertz CT molecular complexity index is 621. The van der Waals surface area contributed by atoms with Gasteiger partial charge >= 0.3 is 22.4 Å². The van der Waals surface area contributed by atoms with Crippen molar-refractivity contribution >= 4 is 33.8 Å². The molecule has 0 spiro atoms. The number of benzene rings is 1. The minimum absolute atomic E-state index is 0.00638. The number of carbonyl (C=O) groups excluding carboxylic acids is 2. The molecule has 2 rings (SSSR count). The fourth-order valence-electron chi connectivity index (χ4n) is 1.89. The Morgan fingerprint density at radius 1 is 0.952 bits per heavy atom. The second kappa shape index (κ2) is 5.60. The van der Waals surface area contributed by atoms with Crippen molar-refractivity contribution in [3.63, 3.8) is 0 Å². The van der Waals surface area contributed by atoms with Gasteiger partial charge < -0.3 is 9.47 Å². The molecular weight excluding hydrogens is 300 g/mol. The van der Waals surface area contributed by atoms with Crippen LogP contribution in [0, 0.1) is 0 Å². The van der Waals surface area contributed by atoms with Crippen LogP contribution in [-0.4, -0.2) is 33.8 Å². The van der Waals surface area contributed by atoms with Crippen LogP contribution in [0.15, 0.2) is 24.3 Å². The highest BCUT2D eigenvalue weighted by molar-refractivity contribution is 7.96. The Hall–Kier alpha value is -2.29. The molecule has 0 N–H and O–H groups in total. The van der Waals surface area contributed by atoms with E-state index in [4.69, 9.17) is 9.47 Å². The number of hydrogen-bond acceptors (Lipinski definition) is 6. The molecule has 0 saturated carbocycles.